The number of thiocarbonyl (C=S) groups is 1. The number of rotatable bonds is 4. The average molecular weight is 295 g/mol. The van der Waals surface area contributed by atoms with E-state index in [9.17, 15) is 0 Å². The van der Waals surface area contributed by atoms with E-state index >= 15 is 0 Å². The van der Waals surface area contributed by atoms with Crippen LogP contribution in [0, 0.1) is 11.3 Å². The van der Waals surface area contributed by atoms with Crippen molar-refractivity contribution in [2.75, 3.05) is 13.6 Å². The molecule has 0 bridgehead atoms. The number of nitriles is 1. The van der Waals surface area contributed by atoms with E-state index in [1.54, 1.807) is 4.90 Å². The zero-order valence-corrected chi connectivity index (χ0v) is 12.7. The molecule has 0 fully saturated rings. The summed E-state index contributed by atoms with van der Waals surface area (Å²) in [5.74, 6) is 0. The Kier molecular flexibility index (Phi) is 5.30. The van der Waals surface area contributed by atoms with Gasteiger partial charge in [0.15, 0.2) is 5.11 Å². The summed E-state index contributed by atoms with van der Waals surface area (Å²) >= 11 is 5.38. The Labute approximate surface area is 130 Å². The van der Waals surface area contributed by atoms with Crippen molar-refractivity contribution in [3.63, 3.8) is 0 Å². The quantitative estimate of drug-likeness (QED) is 0.695. The Bertz CT molecular complexity index is 580. The molecule has 0 saturated carbocycles. The highest BCUT2D eigenvalue weighted by Crippen LogP contribution is 2.21. The van der Waals surface area contributed by atoms with Crippen molar-refractivity contribution in [3.8, 4) is 6.07 Å². The predicted molar refractivity (Wildman–Crippen MR) is 88.7 cm³/mol. The van der Waals surface area contributed by atoms with Gasteiger partial charge in [-0.05, 0) is 23.3 Å². The average Bonchev–Trinajstić information content (AvgIpc) is 2.54. The van der Waals surface area contributed by atoms with Crippen molar-refractivity contribution in [1.29, 1.82) is 5.26 Å². The summed E-state index contributed by atoms with van der Waals surface area (Å²) in [7, 11) is 1.81. The van der Waals surface area contributed by atoms with E-state index in [-0.39, 0.29) is 12.6 Å². The molecule has 2 rings (SSSR count). The molecule has 0 radical (unpaired) electrons. The fourth-order valence-electron chi connectivity index (χ4n) is 2.06. The molecule has 0 unspecified atom stereocenters. The summed E-state index contributed by atoms with van der Waals surface area (Å²) in [6.45, 7) is 0.266. The van der Waals surface area contributed by atoms with Crippen LogP contribution in [0.5, 0.6) is 0 Å². The van der Waals surface area contributed by atoms with Crippen LogP contribution in [0.15, 0.2) is 60.7 Å². The number of nitrogens with one attached hydrogen (secondary N) is 1. The van der Waals surface area contributed by atoms with Crippen LogP contribution >= 0.6 is 12.2 Å². The summed E-state index contributed by atoms with van der Waals surface area (Å²) in [4.78, 5) is 1.73. The summed E-state index contributed by atoms with van der Waals surface area (Å²) < 4.78 is 0. The van der Waals surface area contributed by atoms with Gasteiger partial charge < -0.3 is 10.2 Å². The highest BCUT2D eigenvalue weighted by atomic mass is 32.1. The number of nitrogens with zero attached hydrogens (tertiary/aromatic N) is 2. The molecule has 0 spiro atoms. The molecule has 106 valence electrons. The van der Waals surface area contributed by atoms with Gasteiger partial charge in [0.1, 0.15) is 6.54 Å². The van der Waals surface area contributed by atoms with E-state index in [1.165, 1.54) is 0 Å². The molecule has 0 saturated heterocycles. The third kappa shape index (κ3) is 4.04. The van der Waals surface area contributed by atoms with Crippen molar-refractivity contribution in [2.45, 2.75) is 6.04 Å². The topological polar surface area (TPSA) is 39.1 Å². The van der Waals surface area contributed by atoms with Gasteiger partial charge in [0.2, 0.25) is 0 Å². The minimum Gasteiger partial charge on any atom is -0.352 e. The normalized spacial score (nSPS) is 9.95. The van der Waals surface area contributed by atoms with Gasteiger partial charge in [-0.1, -0.05) is 60.7 Å². The van der Waals surface area contributed by atoms with E-state index in [0.29, 0.717) is 5.11 Å². The van der Waals surface area contributed by atoms with Crippen molar-refractivity contribution in [2.24, 2.45) is 0 Å². The zero-order chi connectivity index (χ0) is 15.1. The van der Waals surface area contributed by atoms with Crippen LogP contribution in [-0.4, -0.2) is 23.6 Å². The Morgan fingerprint density at radius 1 is 1.10 bits per heavy atom. The standard InChI is InChI=1S/C17H17N3S/c1-20(13-12-18)17(21)19-16(14-8-4-2-5-9-14)15-10-6-3-7-11-15/h2-11,16H,13H2,1H3,(H,19,21). The van der Waals surface area contributed by atoms with E-state index in [1.807, 2.05) is 43.4 Å². The zero-order valence-electron chi connectivity index (χ0n) is 11.9. The highest BCUT2D eigenvalue weighted by Gasteiger charge is 2.16. The lowest BCUT2D eigenvalue weighted by Crippen LogP contribution is -2.39. The van der Waals surface area contributed by atoms with Crippen LogP contribution in [0.1, 0.15) is 17.2 Å². The van der Waals surface area contributed by atoms with E-state index in [0.717, 1.165) is 11.1 Å². The molecule has 0 aliphatic heterocycles. The Hall–Kier alpha value is -2.38. The molecule has 0 aliphatic rings. The summed E-state index contributed by atoms with van der Waals surface area (Å²) in [6, 6.07) is 22.4. The lowest BCUT2D eigenvalue weighted by Gasteiger charge is -2.25. The SMILES string of the molecule is CN(CC#N)C(=S)NC(c1ccccc1)c1ccccc1. The molecular weight excluding hydrogens is 278 g/mol. The monoisotopic (exact) mass is 295 g/mol. The van der Waals surface area contributed by atoms with Gasteiger partial charge in [0.05, 0.1) is 12.1 Å². The summed E-state index contributed by atoms with van der Waals surface area (Å²) in [5, 5.41) is 12.7. The van der Waals surface area contributed by atoms with Crippen LogP contribution in [0.4, 0.5) is 0 Å². The number of hydrogen-bond donors (Lipinski definition) is 1. The molecule has 2 aromatic carbocycles. The number of hydrogen-bond acceptors (Lipinski definition) is 2. The Morgan fingerprint density at radius 3 is 2.00 bits per heavy atom. The van der Waals surface area contributed by atoms with Crippen molar-refractivity contribution < 1.29 is 0 Å². The third-order valence-electron chi connectivity index (χ3n) is 3.19. The van der Waals surface area contributed by atoms with Crippen LogP contribution < -0.4 is 5.32 Å². The van der Waals surface area contributed by atoms with Gasteiger partial charge in [-0.3, -0.25) is 0 Å². The minimum atomic E-state index is -0.0268. The fourth-order valence-corrected chi connectivity index (χ4v) is 2.24. The molecule has 0 atom stereocenters. The minimum absolute atomic E-state index is 0.0268. The van der Waals surface area contributed by atoms with E-state index in [2.05, 4.69) is 35.7 Å². The molecule has 3 nitrogen and oxygen atoms in total. The van der Waals surface area contributed by atoms with Crippen molar-refractivity contribution >= 4 is 17.3 Å². The maximum absolute atomic E-state index is 8.77. The largest absolute Gasteiger partial charge is 0.352 e. The first kappa shape index (κ1) is 15.0. The molecule has 0 aliphatic carbocycles. The van der Waals surface area contributed by atoms with Crippen molar-refractivity contribution in [3.05, 3.63) is 71.8 Å². The first-order chi connectivity index (χ1) is 10.2. The molecular formula is C17H17N3S. The van der Waals surface area contributed by atoms with Gasteiger partial charge in [-0.15, -0.1) is 0 Å². The molecule has 0 aromatic heterocycles. The molecule has 2 aromatic rings. The fraction of sp³-hybridized carbons (Fsp3) is 0.176. The van der Waals surface area contributed by atoms with Crippen LogP contribution in [0.2, 0.25) is 0 Å². The third-order valence-corrected chi connectivity index (χ3v) is 3.62. The van der Waals surface area contributed by atoms with Crippen LogP contribution in [-0.2, 0) is 0 Å². The Morgan fingerprint density at radius 2 is 1.57 bits per heavy atom. The predicted octanol–water partition coefficient (Wildman–Crippen LogP) is 3.11. The summed E-state index contributed by atoms with van der Waals surface area (Å²) in [6.07, 6.45) is 0. The van der Waals surface area contributed by atoms with Gasteiger partial charge in [-0.25, -0.2) is 0 Å². The molecule has 0 amide bonds. The van der Waals surface area contributed by atoms with Crippen molar-refractivity contribution in [1.82, 2.24) is 10.2 Å². The van der Waals surface area contributed by atoms with Gasteiger partial charge in [0, 0.05) is 7.05 Å². The van der Waals surface area contributed by atoms with Crippen LogP contribution in [0.3, 0.4) is 0 Å². The second-order valence-corrected chi connectivity index (χ2v) is 5.10. The lowest BCUT2D eigenvalue weighted by atomic mass is 9.99. The number of benzene rings is 2. The highest BCUT2D eigenvalue weighted by molar-refractivity contribution is 7.80. The smallest absolute Gasteiger partial charge is 0.170 e. The first-order valence-electron chi connectivity index (χ1n) is 6.71. The maximum atomic E-state index is 8.77. The van der Waals surface area contributed by atoms with Gasteiger partial charge >= 0.3 is 0 Å². The molecule has 0 heterocycles. The molecule has 21 heavy (non-hydrogen) atoms. The lowest BCUT2D eigenvalue weighted by molar-refractivity contribution is 0.542. The maximum Gasteiger partial charge on any atom is 0.170 e. The Balaban J connectivity index is 2.26. The van der Waals surface area contributed by atoms with E-state index in [4.69, 9.17) is 17.5 Å². The molecule has 4 heteroatoms. The van der Waals surface area contributed by atoms with E-state index < -0.39 is 0 Å². The van der Waals surface area contributed by atoms with Gasteiger partial charge in [-0.2, -0.15) is 5.26 Å². The van der Waals surface area contributed by atoms with Crippen LogP contribution in [0.25, 0.3) is 0 Å². The first-order valence-corrected chi connectivity index (χ1v) is 7.11. The summed E-state index contributed by atoms with van der Waals surface area (Å²) in [5.41, 5.74) is 2.27. The second kappa shape index (κ2) is 7.41. The molecule has 1 N–H and O–H groups in total. The second-order valence-electron chi connectivity index (χ2n) is 4.72. The van der Waals surface area contributed by atoms with Gasteiger partial charge in [0.25, 0.3) is 0 Å².